The number of hydrogen-bond acceptors (Lipinski definition) is 5. The number of fused-ring (bicyclic) bond motifs is 1. The van der Waals surface area contributed by atoms with Crippen molar-refractivity contribution in [2.75, 3.05) is 49.5 Å². The number of H-pyrrole nitrogens is 1. The van der Waals surface area contributed by atoms with E-state index in [9.17, 15) is 4.79 Å². The van der Waals surface area contributed by atoms with Crippen molar-refractivity contribution in [3.8, 4) is 17.1 Å². The van der Waals surface area contributed by atoms with Crippen LogP contribution in [-0.4, -0.2) is 65.8 Å². The second kappa shape index (κ2) is 12.1. The summed E-state index contributed by atoms with van der Waals surface area (Å²) in [6.45, 7) is 17.9. The van der Waals surface area contributed by atoms with Crippen molar-refractivity contribution < 1.29 is 9.53 Å². The lowest BCUT2D eigenvalue weighted by Gasteiger charge is -2.36. The number of para-hydroxylation sites is 1. The van der Waals surface area contributed by atoms with Gasteiger partial charge in [-0.15, -0.1) is 0 Å². The van der Waals surface area contributed by atoms with Gasteiger partial charge in [-0.1, -0.05) is 51.1 Å². The highest BCUT2D eigenvalue weighted by Gasteiger charge is 2.21. The van der Waals surface area contributed by atoms with Crippen LogP contribution in [0.2, 0.25) is 0 Å². The van der Waals surface area contributed by atoms with E-state index in [2.05, 4.69) is 88.7 Å². The highest BCUT2D eigenvalue weighted by atomic mass is 16.5. The molecule has 1 aliphatic heterocycles. The minimum Gasteiger partial charge on any atom is -0.492 e. The van der Waals surface area contributed by atoms with Crippen molar-refractivity contribution in [3.05, 3.63) is 72.3 Å². The zero-order valence-electron chi connectivity index (χ0n) is 25.8. The Balaban J connectivity index is 1.12. The molecule has 3 aromatic carbocycles. The molecule has 1 fully saturated rings. The number of urea groups is 1. The fourth-order valence-electron chi connectivity index (χ4n) is 5.18. The summed E-state index contributed by atoms with van der Waals surface area (Å²) >= 11 is 0. The molecule has 0 bridgehead atoms. The van der Waals surface area contributed by atoms with Gasteiger partial charge in [0.2, 0.25) is 0 Å². The SMILES string of the molecule is CC(C)(C)NC(=O)Nc1ccc(OCCN2CCN(c3cccc4[nH]c(-c5ccc(C(C)(C)C)cc5)nc34)CC2)cc1. The van der Waals surface area contributed by atoms with Crippen LogP contribution in [0.25, 0.3) is 22.4 Å². The van der Waals surface area contributed by atoms with Crippen molar-refractivity contribution in [3.63, 3.8) is 0 Å². The molecular formula is C34H44N6O2. The van der Waals surface area contributed by atoms with Crippen LogP contribution in [0.15, 0.2) is 66.7 Å². The van der Waals surface area contributed by atoms with Gasteiger partial charge in [-0.25, -0.2) is 9.78 Å². The Bertz CT molecular complexity index is 1490. The monoisotopic (exact) mass is 568 g/mol. The molecule has 3 N–H and O–H groups in total. The van der Waals surface area contributed by atoms with Crippen molar-refractivity contribution in [1.29, 1.82) is 0 Å². The number of ether oxygens (including phenoxy) is 1. The molecule has 1 aromatic heterocycles. The number of anilines is 2. The predicted octanol–water partition coefficient (Wildman–Crippen LogP) is 6.65. The number of nitrogens with one attached hydrogen (secondary N) is 3. The molecule has 0 radical (unpaired) electrons. The van der Waals surface area contributed by atoms with E-state index in [1.807, 2.05) is 45.0 Å². The van der Waals surface area contributed by atoms with Crippen molar-refractivity contribution in [2.24, 2.45) is 0 Å². The summed E-state index contributed by atoms with van der Waals surface area (Å²) in [5, 5.41) is 5.75. The summed E-state index contributed by atoms with van der Waals surface area (Å²) < 4.78 is 5.99. The smallest absolute Gasteiger partial charge is 0.319 e. The van der Waals surface area contributed by atoms with E-state index in [4.69, 9.17) is 9.72 Å². The first-order valence-corrected chi connectivity index (χ1v) is 14.8. The molecule has 0 spiro atoms. The van der Waals surface area contributed by atoms with Crippen LogP contribution in [-0.2, 0) is 5.41 Å². The number of rotatable bonds is 7. The molecule has 222 valence electrons. The third kappa shape index (κ3) is 7.42. The number of aromatic nitrogens is 2. The van der Waals surface area contributed by atoms with Crippen LogP contribution in [0.1, 0.15) is 47.1 Å². The minimum absolute atomic E-state index is 0.129. The summed E-state index contributed by atoms with van der Waals surface area (Å²) in [6.07, 6.45) is 0. The number of benzene rings is 3. The number of imidazole rings is 1. The van der Waals surface area contributed by atoms with Gasteiger partial charge in [-0.05, 0) is 68.1 Å². The molecule has 0 aliphatic carbocycles. The van der Waals surface area contributed by atoms with Gasteiger partial charge in [0.25, 0.3) is 0 Å². The normalized spacial score (nSPS) is 14.7. The Morgan fingerprint density at radius 1 is 0.905 bits per heavy atom. The van der Waals surface area contributed by atoms with Crippen LogP contribution in [0.5, 0.6) is 5.75 Å². The molecule has 42 heavy (non-hydrogen) atoms. The van der Waals surface area contributed by atoms with Gasteiger partial charge in [-0.2, -0.15) is 0 Å². The zero-order valence-corrected chi connectivity index (χ0v) is 25.8. The molecule has 5 rings (SSSR count). The topological polar surface area (TPSA) is 85.5 Å². The summed E-state index contributed by atoms with van der Waals surface area (Å²) in [7, 11) is 0. The first-order valence-electron chi connectivity index (χ1n) is 14.8. The van der Waals surface area contributed by atoms with Gasteiger partial charge < -0.3 is 25.3 Å². The van der Waals surface area contributed by atoms with E-state index in [0.29, 0.717) is 6.61 Å². The molecule has 4 aromatic rings. The van der Waals surface area contributed by atoms with E-state index in [1.165, 1.54) is 11.3 Å². The Hall–Kier alpha value is -4.04. The molecule has 8 nitrogen and oxygen atoms in total. The van der Waals surface area contributed by atoms with E-state index in [0.717, 1.165) is 66.6 Å². The maximum atomic E-state index is 12.1. The summed E-state index contributed by atoms with van der Waals surface area (Å²) in [6, 6.07) is 22.4. The van der Waals surface area contributed by atoms with Crippen LogP contribution in [0, 0.1) is 0 Å². The minimum atomic E-state index is -0.284. The van der Waals surface area contributed by atoms with Crippen LogP contribution in [0.4, 0.5) is 16.2 Å². The Kier molecular flexibility index (Phi) is 8.45. The second-order valence-electron chi connectivity index (χ2n) is 13.1. The molecule has 2 heterocycles. The Labute approximate surface area is 249 Å². The number of piperazine rings is 1. The fourth-order valence-corrected chi connectivity index (χ4v) is 5.18. The first-order chi connectivity index (χ1) is 19.9. The molecule has 1 aliphatic rings. The molecule has 8 heteroatoms. The van der Waals surface area contributed by atoms with E-state index in [1.54, 1.807) is 0 Å². The van der Waals surface area contributed by atoms with Gasteiger partial charge in [0.05, 0.1) is 11.2 Å². The number of carbonyl (C=O) groups excluding carboxylic acids is 1. The van der Waals surface area contributed by atoms with E-state index < -0.39 is 0 Å². The number of hydrogen-bond donors (Lipinski definition) is 3. The van der Waals surface area contributed by atoms with E-state index in [-0.39, 0.29) is 17.0 Å². The molecule has 1 saturated heterocycles. The Morgan fingerprint density at radius 3 is 2.24 bits per heavy atom. The first kappa shape index (κ1) is 29.5. The average molecular weight is 569 g/mol. The maximum Gasteiger partial charge on any atom is 0.319 e. The third-order valence-corrected chi connectivity index (χ3v) is 7.51. The Morgan fingerprint density at radius 2 is 1.60 bits per heavy atom. The van der Waals surface area contributed by atoms with Crippen molar-refractivity contribution >= 4 is 28.4 Å². The standard InChI is InChI=1S/C34H44N6O2/c1-33(2,3)25-12-10-24(11-13-25)31-36-28-8-7-9-29(30(28)37-31)40-20-18-39(19-21-40)22-23-42-27-16-14-26(15-17-27)35-32(41)38-34(4,5)6/h7-17H,18-23H2,1-6H3,(H,36,37)(H2,35,38,41). The van der Waals surface area contributed by atoms with Crippen LogP contribution >= 0.6 is 0 Å². The third-order valence-electron chi connectivity index (χ3n) is 7.51. The van der Waals surface area contributed by atoms with Gasteiger partial charge in [0, 0.05) is 49.5 Å². The predicted molar refractivity (Wildman–Crippen MR) is 173 cm³/mol. The largest absolute Gasteiger partial charge is 0.492 e. The van der Waals surface area contributed by atoms with Crippen LogP contribution in [0.3, 0.4) is 0 Å². The maximum absolute atomic E-state index is 12.1. The molecule has 0 unspecified atom stereocenters. The number of amides is 2. The number of nitrogens with zero attached hydrogens (tertiary/aromatic N) is 3. The highest BCUT2D eigenvalue weighted by Crippen LogP contribution is 2.30. The number of carbonyl (C=O) groups is 1. The van der Waals surface area contributed by atoms with Gasteiger partial charge in [-0.3, -0.25) is 4.90 Å². The lowest BCUT2D eigenvalue weighted by Crippen LogP contribution is -2.47. The van der Waals surface area contributed by atoms with Crippen molar-refractivity contribution in [2.45, 2.75) is 52.5 Å². The zero-order chi connectivity index (χ0) is 29.9. The van der Waals surface area contributed by atoms with Gasteiger partial charge in [0.15, 0.2) is 0 Å². The summed E-state index contributed by atoms with van der Waals surface area (Å²) in [5.74, 6) is 1.70. The summed E-state index contributed by atoms with van der Waals surface area (Å²) in [5.41, 5.74) is 6.27. The number of aromatic amines is 1. The molecule has 0 atom stereocenters. The highest BCUT2D eigenvalue weighted by molar-refractivity contribution is 5.91. The quantitative estimate of drug-likeness (QED) is 0.233. The lowest BCUT2D eigenvalue weighted by atomic mass is 9.87. The molecular weight excluding hydrogens is 524 g/mol. The molecule has 0 saturated carbocycles. The van der Waals surface area contributed by atoms with Crippen LogP contribution < -0.4 is 20.3 Å². The van der Waals surface area contributed by atoms with Crippen molar-refractivity contribution in [1.82, 2.24) is 20.2 Å². The van der Waals surface area contributed by atoms with E-state index >= 15 is 0 Å². The molecule has 2 amide bonds. The fraction of sp³-hybridized carbons (Fsp3) is 0.412. The van der Waals surface area contributed by atoms with Gasteiger partial charge >= 0.3 is 6.03 Å². The average Bonchev–Trinajstić information content (AvgIpc) is 3.38. The van der Waals surface area contributed by atoms with Gasteiger partial charge in [0.1, 0.15) is 23.7 Å². The summed E-state index contributed by atoms with van der Waals surface area (Å²) in [4.78, 5) is 25.5. The second-order valence-corrected chi connectivity index (χ2v) is 13.1. The lowest BCUT2D eigenvalue weighted by molar-refractivity contribution is 0.200.